The van der Waals surface area contributed by atoms with Crippen LogP contribution in [0.25, 0.3) is 0 Å². The largest absolute Gasteiger partial charge is 0.468 e. The molecule has 0 aromatic carbocycles. The number of aromatic nitrogens is 2. The Morgan fingerprint density at radius 3 is 2.81 bits per heavy atom. The molecule has 0 spiro atoms. The molecule has 1 atom stereocenters. The molecule has 5 heteroatoms. The fourth-order valence-electron chi connectivity index (χ4n) is 1.49. The first-order valence-corrected chi connectivity index (χ1v) is 5.38. The van der Waals surface area contributed by atoms with Gasteiger partial charge in [-0.05, 0) is 13.3 Å². The van der Waals surface area contributed by atoms with Crippen molar-refractivity contribution in [2.75, 3.05) is 7.11 Å². The van der Waals surface area contributed by atoms with Crippen LogP contribution < -0.4 is 5.32 Å². The van der Waals surface area contributed by atoms with Crippen molar-refractivity contribution in [3.05, 3.63) is 17.5 Å². The van der Waals surface area contributed by atoms with E-state index >= 15 is 0 Å². The minimum atomic E-state index is -0.246. The van der Waals surface area contributed by atoms with Crippen LogP contribution in [-0.2, 0) is 23.1 Å². The number of esters is 1. The third-order valence-corrected chi connectivity index (χ3v) is 2.77. The Bertz CT molecular complexity index is 360. The number of nitrogens with one attached hydrogen (secondary N) is 1. The van der Waals surface area contributed by atoms with Gasteiger partial charge in [0.05, 0.1) is 13.3 Å². The fraction of sp³-hybridized carbons (Fsp3) is 0.636. The van der Waals surface area contributed by atoms with Crippen LogP contribution in [-0.4, -0.2) is 28.9 Å². The molecule has 5 nitrogen and oxygen atoms in total. The molecular weight excluding hydrogens is 206 g/mol. The summed E-state index contributed by atoms with van der Waals surface area (Å²) in [4.78, 5) is 11.3. The molecular formula is C11H19N3O2. The summed E-state index contributed by atoms with van der Waals surface area (Å²) in [7, 11) is 3.30. The summed E-state index contributed by atoms with van der Waals surface area (Å²) in [6, 6.07) is -0.246. The van der Waals surface area contributed by atoms with Crippen LogP contribution in [0.5, 0.6) is 0 Å². The first-order valence-electron chi connectivity index (χ1n) is 5.38. The van der Waals surface area contributed by atoms with Gasteiger partial charge in [0.25, 0.3) is 0 Å². The molecule has 0 amide bonds. The highest BCUT2D eigenvalue weighted by Gasteiger charge is 2.16. The molecule has 0 saturated carbocycles. The maximum Gasteiger partial charge on any atom is 0.322 e. The summed E-state index contributed by atoms with van der Waals surface area (Å²) in [5.74, 6) is -0.218. The first kappa shape index (κ1) is 12.7. The van der Waals surface area contributed by atoms with Gasteiger partial charge in [0.1, 0.15) is 6.04 Å². The van der Waals surface area contributed by atoms with Crippen LogP contribution in [0.3, 0.4) is 0 Å². The Morgan fingerprint density at radius 1 is 1.69 bits per heavy atom. The van der Waals surface area contributed by atoms with Crippen LogP contribution in [0.15, 0.2) is 6.20 Å². The summed E-state index contributed by atoms with van der Waals surface area (Å²) in [6.07, 6.45) is 2.53. The van der Waals surface area contributed by atoms with Gasteiger partial charge >= 0.3 is 5.97 Å². The van der Waals surface area contributed by atoms with Gasteiger partial charge in [0.15, 0.2) is 0 Å². The van der Waals surface area contributed by atoms with Crippen LogP contribution in [0.2, 0.25) is 0 Å². The Kier molecular flexibility index (Phi) is 4.49. The van der Waals surface area contributed by atoms with Gasteiger partial charge in [0, 0.05) is 24.8 Å². The molecule has 0 saturated heterocycles. The van der Waals surface area contributed by atoms with Crippen LogP contribution in [0.4, 0.5) is 0 Å². The van der Waals surface area contributed by atoms with Gasteiger partial charge in [-0.2, -0.15) is 5.10 Å². The lowest BCUT2D eigenvalue weighted by atomic mass is 10.2. The number of carbonyl (C=O) groups excluding carboxylic acids is 1. The number of carbonyl (C=O) groups is 1. The van der Waals surface area contributed by atoms with Gasteiger partial charge < -0.3 is 10.1 Å². The molecule has 0 fully saturated rings. The second-order valence-electron chi connectivity index (χ2n) is 3.74. The second-order valence-corrected chi connectivity index (χ2v) is 3.74. The van der Waals surface area contributed by atoms with E-state index in [0.717, 1.165) is 11.3 Å². The number of aryl methyl sites for hydroxylation is 1. The molecule has 0 aliphatic heterocycles. The molecule has 1 unspecified atom stereocenters. The molecule has 0 bridgehead atoms. The van der Waals surface area contributed by atoms with Crippen molar-refractivity contribution in [3.8, 4) is 0 Å². The van der Waals surface area contributed by atoms with Crippen molar-refractivity contribution in [2.45, 2.75) is 32.9 Å². The average molecular weight is 225 g/mol. The molecule has 1 heterocycles. The molecule has 0 aliphatic rings. The van der Waals surface area contributed by atoms with Gasteiger partial charge in [0.2, 0.25) is 0 Å². The first-order chi connectivity index (χ1) is 7.60. The van der Waals surface area contributed by atoms with E-state index in [9.17, 15) is 4.79 Å². The fourth-order valence-corrected chi connectivity index (χ4v) is 1.49. The number of hydrogen-bond acceptors (Lipinski definition) is 4. The van der Waals surface area contributed by atoms with Crippen molar-refractivity contribution in [3.63, 3.8) is 0 Å². The SMILES string of the molecule is CCC(NCc1cnn(C)c1C)C(=O)OC. The molecule has 1 aromatic heterocycles. The third kappa shape index (κ3) is 2.82. The van der Waals surface area contributed by atoms with Gasteiger partial charge in [-0.15, -0.1) is 0 Å². The van der Waals surface area contributed by atoms with Crippen molar-refractivity contribution in [1.82, 2.24) is 15.1 Å². The number of nitrogens with zero attached hydrogens (tertiary/aromatic N) is 2. The summed E-state index contributed by atoms with van der Waals surface area (Å²) in [5, 5.41) is 7.31. The lowest BCUT2D eigenvalue weighted by Crippen LogP contribution is -2.36. The molecule has 1 N–H and O–H groups in total. The topological polar surface area (TPSA) is 56.2 Å². The molecule has 0 aliphatic carbocycles. The standard InChI is InChI=1S/C11H19N3O2/c1-5-10(11(15)16-4)12-6-9-7-13-14(3)8(9)2/h7,10,12H,5-6H2,1-4H3. The Morgan fingerprint density at radius 2 is 2.38 bits per heavy atom. The van der Waals surface area contributed by atoms with E-state index in [2.05, 4.69) is 10.4 Å². The second kappa shape index (κ2) is 5.65. The maximum atomic E-state index is 11.3. The van der Waals surface area contributed by atoms with Gasteiger partial charge in [-0.3, -0.25) is 9.48 Å². The molecule has 0 radical (unpaired) electrons. The van der Waals surface area contributed by atoms with Crippen molar-refractivity contribution >= 4 is 5.97 Å². The summed E-state index contributed by atoms with van der Waals surface area (Å²) in [5.41, 5.74) is 2.21. The number of methoxy groups -OCH3 is 1. The summed E-state index contributed by atoms with van der Waals surface area (Å²) in [6.45, 7) is 4.58. The zero-order valence-corrected chi connectivity index (χ0v) is 10.3. The van der Waals surface area contributed by atoms with Crippen LogP contribution in [0, 0.1) is 6.92 Å². The van der Waals surface area contributed by atoms with Crippen LogP contribution >= 0.6 is 0 Å². The highest BCUT2D eigenvalue weighted by atomic mass is 16.5. The van der Waals surface area contributed by atoms with Gasteiger partial charge in [-0.25, -0.2) is 0 Å². The minimum absolute atomic E-state index is 0.218. The highest BCUT2D eigenvalue weighted by Crippen LogP contribution is 2.06. The smallest absolute Gasteiger partial charge is 0.322 e. The Hall–Kier alpha value is -1.36. The summed E-state index contributed by atoms with van der Waals surface area (Å²) >= 11 is 0. The Labute approximate surface area is 95.8 Å². The van der Waals surface area contributed by atoms with Crippen molar-refractivity contribution in [1.29, 1.82) is 0 Å². The number of hydrogen-bond donors (Lipinski definition) is 1. The lowest BCUT2D eigenvalue weighted by molar-refractivity contribution is -0.143. The van der Waals surface area contributed by atoms with E-state index < -0.39 is 0 Å². The maximum absolute atomic E-state index is 11.3. The predicted octanol–water partition coefficient (Wildman–Crippen LogP) is 0.770. The number of ether oxygens (including phenoxy) is 1. The summed E-state index contributed by atoms with van der Waals surface area (Å²) < 4.78 is 6.52. The van der Waals surface area contributed by atoms with Crippen LogP contribution in [0.1, 0.15) is 24.6 Å². The quantitative estimate of drug-likeness (QED) is 0.752. The van der Waals surface area contributed by atoms with Crippen molar-refractivity contribution in [2.24, 2.45) is 7.05 Å². The van der Waals surface area contributed by atoms with E-state index in [-0.39, 0.29) is 12.0 Å². The Balaban J connectivity index is 2.56. The third-order valence-electron chi connectivity index (χ3n) is 2.77. The molecule has 1 rings (SSSR count). The number of rotatable bonds is 5. The van der Waals surface area contributed by atoms with E-state index in [4.69, 9.17) is 4.74 Å². The normalized spacial score (nSPS) is 12.5. The van der Waals surface area contributed by atoms with E-state index in [1.165, 1.54) is 7.11 Å². The lowest BCUT2D eigenvalue weighted by Gasteiger charge is -2.13. The molecule has 90 valence electrons. The minimum Gasteiger partial charge on any atom is -0.468 e. The monoisotopic (exact) mass is 225 g/mol. The van der Waals surface area contributed by atoms with Crippen molar-refractivity contribution < 1.29 is 9.53 Å². The molecule has 1 aromatic rings. The zero-order chi connectivity index (χ0) is 12.1. The average Bonchev–Trinajstić information content (AvgIpc) is 2.61. The predicted molar refractivity (Wildman–Crippen MR) is 60.9 cm³/mol. The van der Waals surface area contributed by atoms with E-state index in [0.29, 0.717) is 13.0 Å². The van der Waals surface area contributed by atoms with E-state index in [1.807, 2.05) is 31.8 Å². The zero-order valence-electron chi connectivity index (χ0n) is 10.3. The highest BCUT2D eigenvalue weighted by molar-refractivity contribution is 5.75. The molecule has 16 heavy (non-hydrogen) atoms. The van der Waals surface area contributed by atoms with Gasteiger partial charge in [-0.1, -0.05) is 6.92 Å². The van der Waals surface area contributed by atoms with E-state index in [1.54, 1.807) is 0 Å².